The highest BCUT2D eigenvalue weighted by Crippen LogP contribution is 2.35. The van der Waals surface area contributed by atoms with Crippen LogP contribution in [0.25, 0.3) is 10.9 Å². The molecule has 0 spiro atoms. The van der Waals surface area contributed by atoms with Crippen molar-refractivity contribution in [2.75, 3.05) is 13.6 Å². The first kappa shape index (κ1) is 17.5. The first-order chi connectivity index (χ1) is 12.3. The van der Waals surface area contributed by atoms with Gasteiger partial charge in [0.05, 0.1) is 6.54 Å². The molecule has 0 bridgehead atoms. The maximum atomic E-state index is 11.2. The number of likely N-dealkylation sites (N-methyl/N-ethyl adjacent to an activating group) is 1. The number of fused-ring (bicyclic) bond motifs is 3. The number of benzene rings is 1. The predicted octanol–water partition coefficient (Wildman–Crippen LogP) is 3.89. The van der Waals surface area contributed by atoms with Crippen molar-refractivity contribution >= 4 is 22.5 Å². The summed E-state index contributed by atoms with van der Waals surface area (Å²) in [6.45, 7) is 6.24. The van der Waals surface area contributed by atoms with E-state index in [0.29, 0.717) is 6.54 Å². The molecule has 3 heterocycles. The number of halogens is 1. The molecular weight excluding hydrogens is 346 g/mol. The molecule has 1 aliphatic heterocycles. The first-order valence-corrected chi connectivity index (χ1v) is 9.36. The lowest BCUT2D eigenvalue weighted by atomic mass is 9.97. The van der Waals surface area contributed by atoms with Crippen LogP contribution in [0.2, 0.25) is 5.02 Å². The van der Waals surface area contributed by atoms with Crippen LogP contribution in [0.15, 0.2) is 36.5 Å². The molecule has 5 heteroatoms. The highest BCUT2D eigenvalue weighted by atomic mass is 35.5. The zero-order valence-electron chi connectivity index (χ0n) is 15.5. The van der Waals surface area contributed by atoms with Crippen molar-refractivity contribution in [2.24, 2.45) is 0 Å². The highest BCUT2D eigenvalue weighted by Gasteiger charge is 2.29. The third-order valence-electron chi connectivity index (χ3n) is 5.41. The second kappa shape index (κ2) is 6.38. The minimum absolute atomic E-state index is 0.495. The largest absolute Gasteiger partial charge is 0.384 e. The van der Waals surface area contributed by atoms with Crippen molar-refractivity contribution in [3.63, 3.8) is 0 Å². The summed E-state index contributed by atoms with van der Waals surface area (Å²) in [5.41, 5.74) is 4.56. The van der Waals surface area contributed by atoms with Crippen LogP contribution < -0.4 is 0 Å². The maximum absolute atomic E-state index is 11.2. The number of aryl methyl sites for hydroxylation is 1. The van der Waals surface area contributed by atoms with Crippen molar-refractivity contribution in [3.05, 3.63) is 64.1 Å². The number of nitrogens with zero attached hydrogens (tertiary/aromatic N) is 3. The minimum Gasteiger partial charge on any atom is -0.384 e. The molecule has 0 unspecified atom stereocenters. The molecule has 1 aliphatic rings. The van der Waals surface area contributed by atoms with Crippen molar-refractivity contribution in [1.82, 2.24) is 14.5 Å². The zero-order valence-corrected chi connectivity index (χ0v) is 16.2. The van der Waals surface area contributed by atoms with Gasteiger partial charge in [0.1, 0.15) is 5.60 Å². The fourth-order valence-corrected chi connectivity index (χ4v) is 4.10. The van der Waals surface area contributed by atoms with E-state index >= 15 is 0 Å². The average molecular weight is 370 g/mol. The fraction of sp³-hybridized carbons (Fsp3) is 0.381. The summed E-state index contributed by atoms with van der Waals surface area (Å²) in [5.74, 6) is 0. The molecule has 1 N–H and O–H groups in total. The Hall–Kier alpha value is -1.88. The number of hydrogen-bond acceptors (Lipinski definition) is 3. The summed E-state index contributed by atoms with van der Waals surface area (Å²) in [7, 11) is 2.14. The number of pyridine rings is 1. The molecule has 26 heavy (non-hydrogen) atoms. The Balaban J connectivity index is 1.82. The summed E-state index contributed by atoms with van der Waals surface area (Å²) >= 11 is 6.27. The van der Waals surface area contributed by atoms with Gasteiger partial charge in [-0.2, -0.15) is 0 Å². The SMILES string of the molecule is Cc1ccc([C@](C)(O)Cn2c3c(c4cc(Cl)ccc42)CN(C)CC3)cn1. The Bertz CT molecular complexity index is 960. The lowest BCUT2D eigenvalue weighted by Gasteiger charge is -2.28. The molecule has 3 aromatic rings. The second-order valence-corrected chi connectivity index (χ2v) is 8.06. The molecule has 2 aromatic heterocycles. The van der Waals surface area contributed by atoms with Crippen molar-refractivity contribution < 1.29 is 5.11 Å². The smallest absolute Gasteiger partial charge is 0.106 e. The lowest BCUT2D eigenvalue weighted by Crippen LogP contribution is -2.31. The van der Waals surface area contributed by atoms with Crippen molar-refractivity contribution in [3.8, 4) is 0 Å². The molecule has 4 nitrogen and oxygen atoms in total. The van der Waals surface area contributed by atoms with E-state index in [-0.39, 0.29) is 0 Å². The standard InChI is InChI=1S/C21H24ClN3O/c1-14-4-5-15(11-23-14)21(2,26)13-25-19-7-6-16(22)10-17(19)18-12-24(3)9-8-20(18)25/h4-7,10-11,26H,8-9,12-13H2,1-3H3/t21-/m1/s1. The van der Waals surface area contributed by atoms with E-state index in [1.165, 1.54) is 16.6 Å². The van der Waals surface area contributed by atoms with Gasteiger partial charge in [-0.25, -0.2) is 0 Å². The number of aromatic nitrogens is 2. The van der Waals surface area contributed by atoms with Gasteiger partial charge >= 0.3 is 0 Å². The van der Waals surface area contributed by atoms with Gasteiger partial charge in [-0.15, -0.1) is 0 Å². The molecule has 0 radical (unpaired) electrons. The summed E-state index contributed by atoms with van der Waals surface area (Å²) in [4.78, 5) is 6.68. The topological polar surface area (TPSA) is 41.3 Å². The van der Waals surface area contributed by atoms with E-state index in [0.717, 1.165) is 41.3 Å². The Morgan fingerprint density at radius 3 is 2.81 bits per heavy atom. The van der Waals surface area contributed by atoms with Crippen LogP contribution in [-0.4, -0.2) is 33.1 Å². The number of hydrogen-bond donors (Lipinski definition) is 1. The molecule has 0 fully saturated rings. The fourth-order valence-electron chi connectivity index (χ4n) is 3.92. The van der Waals surface area contributed by atoms with E-state index < -0.39 is 5.60 Å². The zero-order chi connectivity index (χ0) is 18.5. The van der Waals surface area contributed by atoms with Crippen LogP contribution in [-0.2, 0) is 25.1 Å². The van der Waals surface area contributed by atoms with Crippen molar-refractivity contribution in [2.45, 2.75) is 39.0 Å². The van der Waals surface area contributed by atoms with E-state index in [1.807, 2.05) is 38.1 Å². The highest BCUT2D eigenvalue weighted by molar-refractivity contribution is 6.31. The van der Waals surface area contributed by atoms with Crippen molar-refractivity contribution in [1.29, 1.82) is 0 Å². The van der Waals surface area contributed by atoms with E-state index in [2.05, 4.69) is 27.6 Å². The van der Waals surface area contributed by atoms with Gasteiger partial charge in [0, 0.05) is 58.6 Å². The quantitative estimate of drug-likeness (QED) is 0.761. The van der Waals surface area contributed by atoms with Crippen LogP contribution in [0.1, 0.15) is 29.4 Å². The molecule has 0 saturated carbocycles. The van der Waals surface area contributed by atoms with Crippen LogP contribution in [0, 0.1) is 6.92 Å². The monoisotopic (exact) mass is 369 g/mol. The van der Waals surface area contributed by atoms with Crippen LogP contribution >= 0.6 is 11.6 Å². The third kappa shape index (κ3) is 3.02. The number of rotatable bonds is 3. The normalized spacial score (nSPS) is 17.3. The Labute approximate surface area is 159 Å². The summed E-state index contributed by atoms with van der Waals surface area (Å²) in [6, 6.07) is 9.96. The van der Waals surface area contributed by atoms with Gasteiger partial charge in [-0.3, -0.25) is 4.98 Å². The number of aliphatic hydroxyl groups is 1. The van der Waals surface area contributed by atoms with Crippen LogP contribution in [0.4, 0.5) is 0 Å². The van der Waals surface area contributed by atoms with Gasteiger partial charge in [0.2, 0.25) is 0 Å². The van der Waals surface area contributed by atoms with E-state index in [1.54, 1.807) is 6.20 Å². The summed E-state index contributed by atoms with van der Waals surface area (Å²) < 4.78 is 2.27. The Kier molecular flexibility index (Phi) is 4.30. The molecule has 136 valence electrons. The van der Waals surface area contributed by atoms with E-state index in [9.17, 15) is 5.11 Å². The predicted molar refractivity (Wildman–Crippen MR) is 106 cm³/mol. The molecule has 0 saturated heterocycles. The molecule has 0 aliphatic carbocycles. The molecule has 1 aromatic carbocycles. The molecule has 1 atom stereocenters. The third-order valence-corrected chi connectivity index (χ3v) is 5.64. The van der Waals surface area contributed by atoms with Gasteiger partial charge in [-0.1, -0.05) is 17.7 Å². The van der Waals surface area contributed by atoms with Gasteiger partial charge < -0.3 is 14.6 Å². The van der Waals surface area contributed by atoms with Gasteiger partial charge in [0.25, 0.3) is 0 Å². The Morgan fingerprint density at radius 1 is 1.27 bits per heavy atom. The van der Waals surface area contributed by atoms with Gasteiger partial charge in [0.15, 0.2) is 0 Å². The van der Waals surface area contributed by atoms with E-state index in [4.69, 9.17) is 11.6 Å². The molecular formula is C21H24ClN3O. The van der Waals surface area contributed by atoms with Gasteiger partial charge in [-0.05, 0) is 50.7 Å². The lowest BCUT2D eigenvalue weighted by molar-refractivity contribution is 0.0381. The summed E-state index contributed by atoms with van der Waals surface area (Å²) in [5, 5.41) is 13.2. The van der Waals surface area contributed by atoms with Crippen LogP contribution in [0.3, 0.4) is 0 Å². The molecule has 4 rings (SSSR count). The molecule has 0 amide bonds. The van der Waals surface area contributed by atoms with Crippen LogP contribution in [0.5, 0.6) is 0 Å². The maximum Gasteiger partial charge on any atom is 0.106 e. The minimum atomic E-state index is -0.997. The summed E-state index contributed by atoms with van der Waals surface area (Å²) in [6.07, 6.45) is 2.75. The first-order valence-electron chi connectivity index (χ1n) is 8.99. The Morgan fingerprint density at radius 2 is 2.08 bits per heavy atom. The average Bonchev–Trinajstić information content (AvgIpc) is 2.87. The second-order valence-electron chi connectivity index (χ2n) is 7.62.